The smallest absolute Gasteiger partial charge is 0.00979 e. The number of nitrogens with one attached hydrogen (secondary N) is 1. The van der Waals surface area contributed by atoms with E-state index in [-0.39, 0.29) is 0 Å². The molecule has 0 radical (unpaired) electrons. The maximum Gasteiger partial charge on any atom is 0.00979 e. The van der Waals surface area contributed by atoms with Gasteiger partial charge in [0.2, 0.25) is 0 Å². The van der Waals surface area contributed by atoms with Crippen LogP contribution in [0.3, 0.4) is 0 Å². The van der Waals surface area contributed by atoms with Gasteiger partial charge in [0.1, 0.15) is 0 Å². The summed E-state index contributed by atoms with van der Waals surface area (Å²) in [5, 5.41) is 3.95. The topological polar surface area (TPSA) is 12.0 Å². The molecule has 2 rings (SSSR count). The van der Waals surface area contributed by atoms with Gasteiger partial charge in [0, 0.05) is 12.1 Å². The van der Waals surface area contributed by atoms with E-state index in [9.17, 15) is 0 Å². The lowest BCUT2D eigenvalue weighted by Gasteiger charge is -2.36. The molecule has 88 valence electrons. The molecule has 15 heavy (non-hydrogen) atoms. The lowest BCUT2D eigenvalue weighted by atomic mass is 9.79. The number of hydrogen-bond acceptors (Lipinski definition) is 1. The van der Waals surface area contributed by atoms with Gasteiger partial charge in [-0.3, -0.25) is 0 Å². The zero-order valence-corrected chi connectivity index (χ0v) is 10.6. The third-order valence-corrected chi connectivity index (χ3v) is 4.75. The van der Waals surface area contributed by atoms with Crippen LogP contribution in [0.1, 0.15) is 59.3 Å². The van der Waals surface area contributed by atoms with Gasteiger partial charge in [-0.2, -0.15) is 0 Å². The largest absolute Gasteiger partial charge is 0.311 e. The summed E-state index contributed by atoms with van der Waals surface area (Å²) in [5.41, 5.74) is 0. The van der Waals surface area contributed by atoms with Crippen LogP contribution in [0, 0.1) is 17.8 Å². The van der Waals surface area contributed by atoms with E-state index in [1.54, 1.807) is 0 Å². The van der Waals surface area contributed by atoms with Crippen LogP contribution in [-0.4, -0.2) is 12.1 Å². The molecule has 1 N–H and O–H groups in total. The highest BCUT2D eigenvalue weighted by Crippen LogP contribution is 2.31. The van der Waals surface area contributed by atoms with E-state index in [0.717, 1.165) is 29.8 Å². The second-order valence-electron chi connectivity index (χ2n) is 6.18. The van der Waals surface area contributed by atoms with Gasteiger partial charge in [-0.15, -0.1) is 0 Å². The second kappa shape index (κ2) is 4.86. The van der Waals surface area contributed by atoms with Crippen molar-refractivity contribution in [3.05, 3.63) is 0 Å². The zero-order chi connectivity index (χ0) is 10.8. The van der Waals surface area contributed by atoms with E-state index in [0.29, 0.717) is 0 Å². The van der Waals surface area contributed by atoms with E-state index >= 15 is 0 Å². The molecule has 0 amide bonds. The van der Waals surface area contributed by atoms with Crippen molar-refractivity contribution in [3.63, 3.8) is 0 Å². The zero-order valence-electron chi connectivity index (χ0n) is 10.6. The molecule has 0 saturated heterocycles. The summed E-state index contributed by atoms with van der Waals surface area (Å²) in [6.45, 7) is 7.27. The van der Waals surface area contributed by atoms with Gasteiger partial charge >= 0.3 is 0 Å². The van der Waals surface area contributed by atoms with E-state index in [4.69, 9.17) is 0 Å². The van der Waals surface area contributed by atoms with Crippen LogP contribution < -0.4 is 5.32 Å². The third-order valence-electron chi connectivity index (χ3n) is 4.75. The van der Waals surface area contributed by atoms with Gasteiger partial charge in [0.15, 0.2) is 0 Å². The first-order chi connectivity index (χ1) is 7.16. The summed E-state index contributed by atoms with van der Waals surface area (Å²) in [6, 6.07) is 1.63. The Kier molecular flexibility index (Phi) is 3.71. The highest BCUT2D eigenvalue weighted by atomic mass is 15.0. The van der Waals surface area contributed by atoms with Gasteiger partial charge in [-0.1, -0.05) is 33.6 Å². The van der Waals surface area contributed by atoms with Crippen LogP contribution in [0.15, 0.2) is 0 Å². The van der Waals surface area contributed by atoms with E-state index < -0.39 is 0 Å². The van der Waals surface area contributed by atoms with Gasteiger partial charge in [0.25, 0.3) is 0 Å². The van der Waals surface area contributed by atoms with Crippen LogP contribution in [0.2, 0.25) is 0 Å². The highest BCUT2D eigenvalue weighted by molar-refractivity contribution is 4.88. The van der Waals surface area contributed by atoms with Crippen LogP contribution in [0.25, 0.3) is 0 Å². The molecule has 0 bridgehead atoms. The molecule has 1 nitrogen and oxygen atoms in total. The Hall–Kier alpha value is -0.0400. The van der Waals surface area contributed by atoms with Crippen molar-refractivity contribution >= 4 is 0 Å². The third kappa shape index (κ3) is 2.75. The Morgan fingerprint density at radius 1 is 0.800 bits per heavy atom. The summed E-state index contributed by atoms with van der Waals surface area (Å²) in [6.07, 6.45) is 8.58. The second-order valence-corrected chi connectivity index (χ2v) is 6.18. The Labute approximate surface area is 95.0 Å². The number of rotatable bonds is 2. The summed E-state index contributed by atoms with van der Waals surface area (Å²) in [5.74, 6) is 2.75. The fourth-order valence-corrected chi connectivity index (χ4v) is 3.43. The lowest BCUT2D eigenvalue weighted by molar-refractivity contribution is 0.203. The maximum absolute atomic E-state index is 3.95. The molecular formula is C14H27N. The summed E-state index contributed by atoms with van der Waals surface area (Å²) >= 11 is 0. The van der Waals surface area contributed by atoms with Gasteiger partial charge < -0.3 is 5.32 Å². The molecule has 0 aromatic heterocycles. The predicted molar refractivity (Wildman–Crippen MR) is 65.9 cm³/mol. The molecule has 0 spiro atoms. The Bertz CT molecular complexity index is 202. The molecule has 1 heteroatoms. The molecule has 0 heterocycles. The van der Waals surface area contributed by atoms with Crippen molar-refractivity contribution in [1.82, 2.24) is 5.32 Å². The van der Waals surface area contributed by atoms with Crippen LogP contribution in [-0.2, 0) is 0 Å². The van der Waals surface area contributed by atoms with Crippen molar-refractivity contribution in [3.8, 4) is 0 Å². The van der Waals surface area contributed by atoms with E-state index in [1.165, 1.54) is 38.5 Å². The van der Waals surface area contributed by atoms with Gasteiger partial charge in [-0.05, 0) is 43.4 Å². The van der Waals surface area contributed by atoms with E-state index in [2.05, 4.69) is 26.1 Å². The molecule has 0 aromatic rings. The predicted octanol–water partition coefficient (Wildman–Crippen LogP) is 3.59. The maximum atomic E-state index is 3.95. The quantitative estimate of drug-likeness (QED) is 0.733. The first-order valence-electron chi connectivity index (χ1n) is 6.93. The fraction of sp³-hybridized carbons (Fsp3) is 1.00. The van der Waals surface area contributed by atoms with Crippen molar-refractivity contribution in [2.45, 2.75) is 71.4 Å². The molecule has 5 unspecified atom stereocenters. The van der Waals surface area contributed by atoms with Crippen LogP contribution >= 0.6 is 0 Å². The summed E-state index contributed by atoms with van der Waals surface area (Å²) in [4.78, 5) is 0. The average molecular weight is 209 g/mol. The van der Waals surface area contributed by atoms with Crippen molar-refractivity contribution in [2.24, 2.45) is 17.8 Å². The Morgan fingerprint density at radius 2 is 1.53 bits per heavy atom. The van der Waals surface area contributed by atoms with Crippen LogP contribution in [0.5, 0.6) is 0 Å². The van der Waals surface area contributed by atoms with Crippen molar-refractivity contribution < 1.29 is 0 Å². The minimum absolute atomic E-state index is 0.805. The van der Waals surface area contributed by atoms with Crippen molar-refractivity contribution in [1.29, 1.82) is 0 Å². The molecular weight excluding hydrogens is 182 g/mol. The molecule has 2 aliphatic rings. The normalized spacial score (nSPS) is 47.0. The molecule has 2 fully saturated rings. The van der Waals surface area contributed by atoms with Crippen LogP contribution in [0.4, 0.5) is 0 Å². The molecule has 2 saturated carbocycles. The lowest BCUT2D eigenvalue weighted by Crippen LogP contribution is -2.45. The van der Waals surface area contributed by atoms with Gasteiger partial charge in [0.05, 0.1) is 0 Å². The monoisotopic (exact) mass is 209 g/mol. The summed E-state index contributed by atoms with van der Waals surface area (Å²) < 4.78 is 0. The average Bonchev–Trinajstić information content (AvgIpc) is 2.58. The summed E-state index contributed by atoms with van der Waals surface area (Å²) in [7, 11) is 0. The Morgan fingerprint density at radius 3 is 2.20 bits per heavy atom. The molecule has 5 atom stereocenters. The van der Waals surface area contributed by atoms with Crippen molar-refractivity contribution in [2.75, 3.05) is 0 Å². The minimum atomic E-state index is 0.805. The SMILES string of the molecule is CC1CCC(C)C(NC2CCCC2C)C1. The molecule has 2 aliphatic carbocycles. The molecule has 0 aromatic carbocycles. The highest BCUT2D eigenvalue weighted by Gasteiger charge is 2.30. The fourth-order valence-electron chi connectivity index (χ4n) is 3.43. The number of hydrogen-bond donors (Lipinski definition) is 1. The standard InChI is InChI=1S/C14H27N/c1-10-7-8-12(3)14(9-10)15-13-6-4-5-11(13)2/h10-15H,4-9H2,1-3H3. The Balaban J connectivity index is 1.86. The molecule has 0 aliphatic heterocycles. The van der Waals surface area contributed by atoms with Gasteiger partial charge in [-0.25, -0.2) is 0 Å². The minimum Gasteiger partial charge on any atom is -0.311 e. The first kappa shape index (κ1) is 11.4. The van der Waals surface area contributed by atoms with E-state index in [1.807, 2.05) is 0 Å². The first-order valence-corrected chi connectivity index (χ1v) is 6.93.